The van der Waals surface area contributed by atoms with Gasteiger partial charge in [-0.15, -0.1) is 0 Å². The van der Waals surface area contributed by atoms with Crippen molar-refractivity contribution in [1.82, 2.24) is 24.3 Å². The zero-order chi connectivity index (χ0) is 32.5. The molecule has 2 unspecified atom stereocenters. The molecule has 1 saturated carbocycles. The lowest BCUT2D eigenvalue weighted by molar-refractivity contribution is 0.104. The van der Waals surface area contributed by atoms with Crippen molar-refractivity contribution in [3.8, 4) is 16.9 Å². The Kier molecular flexibility index (Phi) is 9.48. The van der Waals surface area contributed by atoms with Crippen LogP contribution in [0.2, 0.25) is 0 Å². The van der Waals surface area contributed by atoms with E-state index in [1.165, 1.54) is 17.7 Å². The number of hydrogen-bond acceptors (Lipinski definition) is 7. The van der Waals surface area contributed by atoms with Gasteiger partial charge < -0.3 is 19.9 Å². The molecule has 0 bridgehead atoms. The first-order valence-electron chi connectivity index (χ1n) is 17.3. The van der Waals surface area contributed by atoms with Crippen LogP contribution in [0.4, 0.5) is 11.6 Å². The van der Waals surface area contributed by atoms with E-state index in [1.54, 1.807) is 0 Å². The van der Waals surface area contributed by atoms with Crippen molar-refractivity contribution >= 4 is 39.0 Å². The molecule has 8 nitrogen and oxygen atoms in total. The number of aromatic nitrogens is 3. The van der Waals surface area contributed by atoms with E-state index in [0.29, 0.717) is 16.8 Å². The fourth-order valence-electron chi connectivity index (χ4n) is 7.59. The number of likely N-dealkylation sites (tertiary alicyclic amines) is 2. The minimum atomic E-state index is -0.0638. The SMILES string of the molecule is C=S(c1ccc(-c2cc3cnc(Nc4ccc(OC5CCCN(C)C5)cc4)nc3n(C3CCCC3)c2=O)c(C)c1)C1CCN(C)CC1. The molecule has 47 heavy (non-hydrogen) atoms. The van der Waals surface area contributed by atoms with Crippen LogP contribution in [-0.4, -0.2) is 81.8 Å². The van der Waals surface area contributed by atoms with Crippen molar-refractivity contribution in [2.75, 3.05) is 45.6 Å². The van der Waals surface area contributed by atoms with Gasteiger partial charge >= 0.3 is 0 Å². The van der Waals surface area contributed by atoms with E-state index < -0.39 is 0 Å². The number of benzene rings is 2. The van der Waals surface area contributed by atoms with Gasteiger partial charge in [-0.2, -0.15) is 15.5 Å². The van der Waals surface area contributed by atoms with Gasteiger partial charge in [0.05, 0.1) is 0 Å². The first kappa shape index (κ1) is 32.0. The predicted octanol–water partition coefficient (Wildman–Crippen LogP) is 7.25. The Morgan fingerprint density at radius 2 is 1.66 bits per heavy atom. The van der Waals surface area contributed by atoms with E-state index >= 15 is 0 Å². The highest BCUT2D eigenvalue weighted by atomic mass is 32.2. The largest absolute Gasteiger partial charge is 0.489 e. The van der Waals surface area contributed by atoms with Crippen molar-refractivity contribution in [2.45, 2.75) is 80.6 Å². The third kappa shape index (κ3) is 7.03. The first-order chi connectivity index (χ1) is 22.8. The van der Waals surface area contributed by atoms with Crippen LogP contribution in [0, 0.1) is 6.92 Å². The van der Waals surface area contributed by atoms with E-state index in [0.717, 1.165) is 98.2 Å². The molecular weight excluding hydrogens is 605 g/mol. The fourth-order valence-corrected chi connectivity index (χ4v) is 9.33. The Labute approximate surface area is 281 Å². The number of anilines is 2. The van der Waals surface area contributed by atoms with Crippen molar-refractivity contribution in [1.29, 1.82) is 0 Å². The second-order valence-corrected chi connectivity index (χ2v) is 15.8. The molecule has 2 saturated heterocycles. The molecule has 4 heterocycles. The zero-order valence-corrected chi connectivity index (χ0v) is 28.9. The minimum Gasteiger partial charge on any atom is -0.489 e. The normalized spacial score (nSPS) is 20.9. The van der Waals surface area contributed by atoms with Crippen LogP contribution < -0.4 is 15.6 Å². The number of rotatable bonds is 8. The van der Waals surface area contributed by atoms with E-state index in [-0.39, 0.29) is 28.2 Å². The molecule has 2 atom stereocenters. The van der Waals surface area contributed by atoms with Crippen LogP contribution in [0.1, 0.15) is 63.0 Å². The Hall–Kier alpha value is -3.53. The summed E-state index contributed by atoms with van der Waals surface area (Å²) in [5, 5.41) is 4.86. The standard InChI is InChI=1S/C38H48N6O2S/c1-26-22-33(47(4)32-17-20-42(2)21-18-32)15-16-34(26)35-23-27-24-39-38(41-36(27)44(37(35)45)29-8-5-6-9-29)40-28-11-13-30(14-12-28)46-31-10-7-19-43(3)25-31/h11-16,22-24,29,31-32H,4-10,17-21,25H2,1-3H3,(H,39,40,41). The van der Waals surface area contributed by atoms with Gasteiger partial charge in [-0.1, -0.05) is 24.8 Å². The second-order valence-electron chi connectivity index (χ2n) is 13.8. The molecule has 248 valence electrons. The summed E-state index contributed by atoms with van der Waals surface area (Å²) in [6.45, 7) is 6.49. The average Bonchev–Trinajstić information content (AvgIpc) is 3.60. The predicted molar refractivity (Wildman–Crippen MR) is 196 cm³/mol. The van der Waals surface area contributed by atoms with E-state index in [1.807, 2.05) is 41.1 Å². The summed E-state index contributed by atoms with van der Waals surface area (Å²) < 4.78 is 8.20. The number of likely N-dealkylation sites (N-methyl/N-ethyl adjacent to an activating group) is 1. The molecule has 1 aliphatic carbocycles. The average molecular weight is 653 g/mol. The van der Waals surface area contributed by atoms with Gasteiger partial charge in [0.15, 0.2) is 0 Å². The van der Waals surface area contributed by atoms with Crippen LogP contribution in [0.15, 0.2) is 64.4 Å². The fraction of sp³-hybridized carbons (Fsp3) is 0.474. The number of nitrogens with zero attached hydrogens (tertiary/aromatic N) is 5. The number of aryl methyl sites for hydroxylation is 1. The maximum Gasteiger partial charge on any atom is 0.260 e. The Balaban J connectivity index is 1.16. The maximum absolute atomic E-state index is 14.4. The molecule has 0 radical (unpaired) electrons. The molecule has 3 aliphatic rings. The number of pyridine rings is 1. The van der Waals surface area contributed by atoms with Gasteiger partial charge in [-0.05, 0) is 133 Å². The lowest BCUT2D eigenvalue weighted by atomic mass is 10.0. The molecule has 7 rings (SSSR count). The van der Waals surface area contributed by atoms with E-state index in [2.05, 4.69) is 60.2 Å². The zero-order valence-electron chi connectivity index (χ0n) is 28.1. The maximum atomic E-state index is 14.4. The molecule has 2 aromatic carbocycles. The van der Waals surface area contributed by atoms with Gasteiger partial charge in [-0.25, -0.2) is 4.98 Å². The summed E-state index contributed by atoms with van der Waals surface area (Å²) in [5.41, 5.74) is 4.43. The van der Waals surface area contributed by atoms with E-state index in [4.69, 9.17) is 14.7 Å². The monoisotopic (exact) mass is 652 g/mol. The van der Waals surface area contributed by atoms with Gasteiger partial charge in [0.25, 0.3) is 5.56 Å². The van der Waals surface area contributed by atoms with Crippen molar-refractivity contribution in [3.05, 3.63) is 70.6 Å². The van der Waals surface area contributed by atoms with Crippen molar-refractivity contribution in [3.63, 3.8) is 0 Å². The minimum absolute atomic E-state index is 0.0312. The Morgan fingerprint density at radius 3 is 2.38 bits per heavy atom. The number of nitrogens with one attached hydrogen (secondary N) is 1. The quantitative estimate of drug-likeness (QED) is 0.201. The highest BCUT2D eigenvalue weighted by Gasteiger charge is 2.25. The molecule has 9 heteroatoms. The Bertz CT molecular complexity index is 1810. The van der Waals surface area contributed by atoms with Gasteiger partial charge in [-0.3, -0.25) is 9.36 Å². The summed E-state index contributed by atoms with van der Waals surface area (Å²) in [4.78, 5) is 30.0. The summed E-state index contributed by atoms with van der Waals surface area (Å²) >= 11 is 0. The molecule has 0 spiro atoms. The summed E-state index contributed by atoms with van der Waals surface area (Å²) in [7, 11) is 4.28. The number of piperidine rings is 2. The smallest absolute Gasteiger partial charge is 0.260 e. The van der Waals surface area contributed by atoms with E-state index in [9.17, 15) is 4.79 Å². The third-order valence-electron chi connectivity index (χ3n) is 10.3. The van der Waals surface area contributed by atoms with Crippen LogP contribution in [0.25, 0.3) is 22.2 Å². The summed E-state index contributed by atoms with van der Waals surface area (Å²) in [6.07, 6.45) is 10.9. The second kappa shape index (κ2) is 13.9. The molecule has 0 amide bonds. The molecule has 1 N–H and O–H groups in total. The number of ether oxygens (including phenoxy) is 1. The summed E-state index contributed by atoms with van der Waals surface area (Å²) in [5.74, 6) is 5.96. The molecule has 4 aromatic rings. The lowest BCUT2D eigenvalue weighted by Crippen LogP contribution is -2.38. The molecule has 2 aliphatic heterocycles. The highest BCUT2D eigenvalue weighted by molar-refractivity contribution is 8.14. The molecule has 2 aromatic heterocycles. The Morgan fingerprint density at radius 1 is 0.894 bits per heavy atom. The number of fused-ring (bicyclic) bond motifs is 1. The van der Waals surface area contributed by atoms with Crippen molar-refractivity contribution < 1.29 is 4.74 Å². The van der Waals surface area contributed by atoms with Crippen LogP contribution in [0.3, 0.4) is 0 Å². The highest BCUT2D eigenvalue weighted by Crippen LogP contribution is 2.38. The van der Waals surface area contributed by atoms with Gasteiger partial charge in [0.1, 0.15) is 17.5 Å². The van der Waals surface area contributed by atoms with Crippen molar-refractivity contribution in [2.24, 2.45) is 0 Å². The third-order valence-corrected chi connectivity index (χ3v) is 12.5. The number of hydrogen-bond donors (Lipinski definition) is 1. The van der Waals surface area contributed by atoms with Crippen LogP contribution in [-0.2, 0) is 0 Å². The van der Waals surface area contributed by atoms with Crippen LogP contribution in [0.5, 0.6) is 5.75 Å². The van der Waals surface area contributed by atoms with Crippen LogP contribution >= 0.6 is 10.5 Å². The van der Waals surface area contributed by atoms with Gasteiger partial charge in [0.2, 0.25) is 5.95 Å². The van der Waals surface area contributed by atoms with Gasteiger partial charge in [0, 0.05) is 45.6 Å². The first-order valence-corrected chi connectivity index (χ1v) is 18.7. The summed E-state index contributed by atoms with van der Waals surface area (Å²) in [6, 6.07) is 16.7. The molecule has 3 fully saturated rings. The molecular formula is C38H48N6O2S. The topological polar surface area (TPSA) is 75.5 Å². The lowest BCUT2D eigenvalue weighted by Gasteiger charge is -2.31.